The first-order valence-electron chi connectivity index (χ1n) is 7.46. The molecule has 2 fully saturated rings. The summed E-state index contributed by atoms with van der Waals surface area (Å²) in [6, 6.07) is -1.41. The molecular weight excluding hydrogens is 272 g/mol. The van der Waals surface area contributed by atoms with Crippen LogP contribution in [0.2, 0.25) is 0 Å². The fraction of sp³-hybridized carbons (Fsp3) is 0.786. The van der Waals surface area contributed by atoms with Gasteiger partial charge in [0, 0.05) is 19.6 Å². The van der Waals surface area contributed by atoms with Gasteiger partial charge in [-0.25, -0.2) is 9.69 Å². The van der Waals surface area contributed by atoms with Gasteiger partial charge in [-0.15, -0.1) is 0 Å². The van der Waals surface area contributed by atoms with Gasteiger partial charge >= 0.3 is 6.03 Å². The number of carbonyl (C=O) groups is 3. The first kappa shape index (κ1) is 15.8. The molecule has 2 atom stereocenters. The molecule has 1 spiro atoms. The molecule has 0 aromatic heterocycles. The summed E-state index contributed by atoms with van der Waals surface area (Å²) >= 11 is 0. The van der Waals surface area contributed by atoms with Crippen LogP contribution in [0.1, 0.15) is 39.5 Å². The topological polar surface area (TPSA) is 95.7 Å². The van der Waals surface area contributed by atoms with Gasteiger partial charge in [0.2, 0.25) is 5.91 Å². The molecule has 0 bridgehead atoms. The molecule has 7 nitrogen and oxygen atoms in total. The second-order valence-corrected chi connectivity index (χ2v) is 6.10. The van der Waals surface area contributed by atoms with Crippen molar-refractivity contribution in [1.82, 2.24) is 15.1 Å². The van der Waals surface area contributed by atoms with Crippen molar-refractivity contribution < 1.29 is 14.4 Å². The zero-order valence-corrected chi connectivity index (χ0v) is 12.9. The lowest BCUT2D eigenvalue weighted by Crippen LogP contribution is -2.52. The van der Waals surface area contributed by atoms with E-state index in [1.54, 1.807) is 14.0 Å². The highest BCUT2D eigenvalue weighted by Crippen LogP contribution is 2.35. The maximum absolute atomic E-state index is 12.6. The van der Waals surface area contributed by atoms with Gasteiger partial charge in [0.15, 0.2) is 0 Å². The smallest absolute Gasteiger partial charge is 0.325 e. The molecule has 2 unspecified atom stereocenters. The standard InChI is InChI=1S/C14H24N4O3/c1-9(8-15)17(3)11(19)10(2)18-12(20)14(16-13(18)21)6-4-5-7-14/h9-10H,4-8,15H2,1-3H3,(H,16,21). The van der Waals surface area contributed by atoms with Crippen molar-refractivity contribution in [2.24, 2.45) is 5.73 Å². The third-order valence-electron chi connectivity index (χ3n) is 4.74. The number of amides is 4. The van der Waals surface area contributed by atoms with E-state index in [4.69, 9.17) is 5.73 Å². The Hall–Kier alpha value is -1.63. The summed E-state index contributed by atoms with van der Waals surface area (Å²) in [4.78, 5) is 39.7. The minimum Gasteiger partial charge on any atom is -0.340 e. The number of hydrogen-bond acceptors (Lipinski definition) is 4. The van der Waals surface area contributed by atoms with Crippen molar-refractivity contribution in [3.8, 4) is 0 Å². The summed E-state index contributed by atoms with van der Waals surface area (Å²) in [5, 5.41) is 2.79. The van der Waals surface area contributed by atoms with Gasteiger partial charge in [-0.1, -0.05) is 12.8 Å². The van der Waals surface area contributed by atoms with Crippen molar-refractivity contribution in [3.63, 3.8) is 0 Å². The second kappa shape index (κ2) is 5.63. The van der Waals surface area contributed by atoms with Gasteiger partial charge in [-0.2, -0.15) is 0 Å². The number of nitrogens with two attached hydrogens (primary N) is 1. The number of imide groups is 1. The Morgan fingerprint density at radius 2 is 1.95 bits per heavy atom. The highest BCUT2D eigenvalue weighted by Gasteiger charge is 2.54. The molecule has 1 aliphatic heterocycles. The van der Waals surface area contributed by atoms with E-state index in [9.17, 15) is 14.4 Å². The normalized spacial score (nSPS) is 23.3. The van der Waals surface area contributed by atoms with Gasteiger partial charge in [-0.3, -0.25) is 9.59 Å². The Balaban J connectivity index is 2.15. The molecule has 3 N–H and O–H groups in total. The van der Waals surface area contributed by atoms with E-state index < -0.39 is 17.6 Å². The van der Waals surface area contributed by atoms with Crippen LogP contribution in [0.15, 0.2) is 0 Å². The van der Waals surface area contributed by atoms with Gasteiger partial charge in [0.25, 0.3) is 5.91 Å². The van der Waals surface area contributed by atoms with Crippen molar-refractivity contribution >= 4 is 17.8 Å². The lowest BCUT2D eigenvalue weighted by atomic mass is 9.97. The molecule has 2 aliphatic rings. The summed E-state index contributed by atoms with van der Waals surface area (Å²) < 4.78 is 0. The average molecular weight is 296 g/mol. The molecule has 4 amide bonds. The van der Waals surface area contributed by atoms with Crippen LogP contribution < -0.4 is 11.1 Å². The number of nitrogens with zero attached hydrogens (tertiary/aromatic N) is 2. The van der Waals surface area contributed by atoms with E-state index >= 15 is 0 Å². The molecule has 2 rings (SSSR count). The van der Waals surface area contributed by atoms with Crippen LogP contribution in [-0.2, 0) is 9.59 Å². The van der Waals surface area contributed by atoms with Crippen LogP contribution >= 0.6 is 0 Å². The van der Waals surface area contributed by atoms with Gasteiger partial charge in [-0.05, 0) is 26.7 Å². The molecular formula is C14H24N4O3. The molecule has 0 aromatic rings. The van der Waals surface area contributed by atoms with Crippen molar-refractivity contribution in [2.45, 2.75) is 57.2 Å². The highest BCUT2D eigenvalue weighted by molar-refractivity contribution is 6.09. The Labute approximate surface area is 124 Å². The van der Waals surface area contributed by atoms with E-state index in [2.05, 4.69) is 5.32 Å². The lowest BCUT2D eigenvalue weighted by Gasteiger charge is -2.30. The van der Waals surface area contributed by atoms with E-state index in [0.717, 1.165) is 17.7 Å². The molecule has 0 radical (unpaired) electrons. The largest absolute Gasteiger partial charge is 0.340 e. The average Bonchev–Trinajstić information content (AvgIpc) is 3.02. The molecule has 118 valence electrons. The third kappa shape index (κ3) is 2.50. The number of carbonyl (C=O) groups excluding carboxylic acids is 3. The van der Waals surface area contributed by atoms with Gasteiger partial charge < -0.3 is 16.0 Å². The number of rotatable bonds is 4. The van der Waals surface area contributed by atoms with E-state index in [1.807, 2.05) is 6.92 Å². The van der Waals surface area contributed by atoms with Crippen LogP contribution in [0.4, 0.5) is 4.79 Å². The zero-order valence-electron chi connectivity index (χ0n) is 12.9. The quantitative estimate of drug-likeness (QED) is 0.716. The van der Waals surface area contributed by atoms with Crippen LogP contribution in [0.5, 0.6) is 0 Å². The fourth-order valence-electron chi connectivity index (χ4n) is 3.09. The molecule has 1 aliphatic carbocycles. The van der Waals surface area contributed by atoms with Crippen molar-refractivity contribution in [2.75, 3.05) is 13.6 Å². The van der Waals surface area contributed by atoms with Gasteiger partial charge in [0.05, 0.1) is 0 Å². The summed E-state index contributed by atoms with van der Waals surface area (Å²) in [7, 11) is 1.64. The third-order valence-corrected chi connectivity index (χ3v) is 4.74. The summed E-state index contributed by atoms with van der Waals surface area (Å²) in [5.74, 6) is -0.536. The Morgan fingerprint density at radius 1 is 1.38 bits per heavy atom. The SMILES string of the molecule is CC(CN)N(C)C(=O)C(C)N1C(=O)NC2(CCCC2)C1=O. The number of nitrogens with one attached hydrogen (secondary N) is 1. The minimum atomic E-state index is -0.809. The Bertz CT molecular complexity index is 459. The Kier molecular flexibility index (Phi) is 4.22. The van der Waals surface area contributed by atoms with Gasteiger partial charge in [0.1, 0.15) is 11.6 Å². The van der Waals surface area contributed by atoms with Crippen LogP contribution in [0.3, 0.4) is 0 Å². The van der Waals surface area contributed by atoms with E-state index in [1.165, 1.54) is 4.90 Å². The van der Waals surface area contributed by atoms with Crippen molar-refractivity contribution in [3.05, 3.63) is 0 Å². The number of hydrogen-bond donors (Lipinski definition) is 2. The minimum absolute atomic E-state index is 0.138. The van der Waals surface area contributed by atoms with Crippen LogP contribution in [-0.4, -0.2) is 58.9 Å². The van der Waals surface area contributed by atoms with E-state index in [0.29, 0.717) is 19.4 Å². The molecule has 1 heterocycles. The monoisotopic (exact) mass is 296 g/mol. The molecule has 7 heteroatoms. The summed E-state index contributed by atoms with van der Waals surface area (Å²) in [6.45, 7) is 3.75. The maximum atomic E-state index is 12.6. The molecule has 21 heavy (non-hydrogen) atoms. The van der Waals surface area contributed by atoms with Crippen LogP contribution in [0.25, 0.3) is 0 Å². The Morgan fingerprint density at radius 3 is 2.48 bits per heavy atom. The first-order chi connectivity index (χ1) is 9.84. The summed E-state index contributed by atoms with van der Waals surface area (Å²) in [6.07, 6.45) is 3.16. The molecule has 1 saturated carbocycles. The first-order valence-corrected chi connectivity index (χ1v) is 7.46. The second-order valence-electron chi connectivity index (χ2n) is 6.10. The fourth-order valence-corrected chi connectivity index (χ4v) is 3.09. The zero-order chi connectivity index (χ0) is 15.8. The summed E-state index contributed by atoms with van der Waals surface area (Å²) in [5.41, 5.74) is 4.79. The molecule has 1 saturated heterocycles. The van der Waals surface area contributed by atoms with Crippen molar-refractivity contribution in [1.29, 1.82) is 0 Å². The lowest BCUT2D eigenvalue weighted by molar-refractivity contribution is -0.143. The predicted octanol–water partition coefficient (Wildman–Crippen LogP) is 0.0451. The highest BCUT2D eigenvalue weighted by atomic mass is 16.2. The van der Waals surface area contributed by atoms with E-state index in [-0.39, 0.29) is 17.9 Å². The molecule has 0 aromatic carbocycles. The number of likely N-dealkylation sites (N-methyl/N-ethyl adjacent to an activating group) is 1. The maximum Gasteiger partial charge on any atom is 0.325 e. The van der Waals surface area contributed by atoms with Crippen LogP contribution in [0, 0.1) is 0 Å². The predicted molar refractivity (Wildman–Crippen MR) is 77.3 cm³/mol. The number of urea groups is 1.